The van der Waals surface area contributed by atoms with Crippen molar-refractivity contribution >= 4 is 40.7 Å². The molecule has 0 aromatic carbocycles. The van der Waals surface area contributed by atoms with E-state index >= 15 is 0 Å². The van der Waals surface area contributed by atoms with Gasteiger partial charge in [-0.25, -0.2) is 0 Å². The highest BCUT2D eigenvalue weighted by Gasteiger charge is 2.29. The lowest BCUT2D eigenvalue weighted by molar-refractivity contribution is -0.122. The van der Waals surface area contributed by atoms with Crippen molar-refractivity contribution in [1.29, 1.82) is 0 Å². The summed E-state index contributed by atoms with van der Waals surface area (Å²) in [5.41, 5.74) is 1.61. The Labute approximate surface area is 110 Å². The summed E-state index contributed by atoms with van der Waals surface area (Å²) in [4.78, 5) is 13.7. The van der Waals surface area contributed by atoms with E-state index in [4.69, 9.17) is 12.2 Å². The number of hydrogen-bond acceptors (Lipinski definition) is 3. The minimum atomic E-state index is -0.0188. The third-order valence-electron chi connectivity index (χ3n) is 2.55. The van der Waals surface area contributed by atoms with Crippen molar-refractivity contribution in [2.24, 2.45) is 0 Å². The molecule has 1 fully saturated rings. The fourth-order valence-corrected chi connectivity index (χ4v) is 2.52. The van der Waals surface area contributed by atoms with E-state index in [-0.39, 0.29) is 5.91 Å². The first-order valence-electron chi connectivity index (χ1n) is 5.59. The minimum absolute atomic E-state index is 0.0188. The average Bonchev–Trinajstić information content (AvgIpc) is 2.89. The van der Waals surface area contributed by atoms with Crippen molar-refractivity contribution < 1.29 is 4.79 Å². The van der Waals surface area contributed by atoms with Gasteiger partial charge in [0.1, 0.15) is 5.70 Å². The van der Waals surface area contributed by atoms with Crippen molar-refractivity contribution in [3.63, 3.8) is 0 Å². The number of carbonyl (C=O) groups is 1. The Hall–Kier alpha value is -1.20. The van der Waals surface area contributed by atoms with E-state index < -0.39 is 0 Å². The molecule has 2 heterocycles. The summed E-state index contributed by atoms with van der Waals surface area (Å²) in [6.45, 7) is 2.79. The summed E-state index contributed by atoms with van der Waals surface area (Å²) in [6, 6.07) is 1.98. The summed E-state index contributed by atoms with van der Waals surface area (Å²) >= 11 is 6.77. The van der Waals surface area contributed by atoms with Crippen LogP contribution in [0.1, 0.15) is 25.3 Å². The van der Waals surface area contributed by atoms with E-state index in [0.29, 0.717) is 17.4 Å². The molecule has 1 amide bonds. The smallest absolute Gasteiger partial charge is 0.276 e. The van der Waals surface area contributed by atoms with Crippen molar-refractivity contribution in [3.8, 4) is 0 Å². The molecule has 0 saturated carbocycles. The van der Waals surface area contributed by atoms with E-state index in [9.17, 15) is 4.79 Å². The Bertz CT molecular complexity index is 451. The maximum absolute atomic E-state index is 12.1. The van der Waals surface area contributed by atoms with Gasteiger partial charge < -0.3 is 5.32 Å². The first-order valence-corrected chi connectivity index (χ1v) is 6.94. The zero-order chi connectivity index (χ0) is 12.3. The number of amides is 1. The van der Waals surface area contributed by atoms with Crippen LogP contribution in [0.25, 0.3) is 6.08 Å². The Morgan fingerprint density at radius 3 is 3.06 bits per heavy atom. The molecule has 1 aliphatic heterocycles. The van der Waals surface area contributed by atoms with Gasteiger partial charge in [0.15, 0.2) is 5.11 Å². The molecule has 1 N–H and O–H groups in total. The Morgan fingerprint density at radius 2 is 2.41 bits per heavy atom. The van der Waals surface area contributed by atoms with Crippen LogP contribution < -0.4 is 5.32 Å². The van der Waals surface area contributed by atoms with Gasteiger partial charge in [-0.15, -0.1) is 0 Å². The van der Waals surface area contributed by atoms with Crippen LogP contribution in [-0.4, -0.2) is 22.5 Å². The van der Waals surface area contributed by atoms with Gasteiger partial charge in [-0.3, -0.25) is 9.69 Å². The number of unbranched alkanes of at least 4 members (excludes halogenated alkanes) is 1. The third-order valence-corrected chi connectivity index (χ3v) is 3.58. The summed E-state index contributed by atoms with van der Waals surface area (Å²) in [5.74, 6) is -0.0188. The number of thiophene rings is 1. The summed E-state index contributed by atoms with van der Waals surface area (Å²) in [7, 11) is 0. The fourth-order valence-electron chi connectivity index (χ4n) is 1.61. The molecule has 17 heavy (non-hydrogen) atoms. The third kappa shape index (κ3) is 2.73. The summed E-state index contributed by atoms with van der Waals surface area (Å²) in [6.07, 6.45) is 3.87. The van der Waals surface area contributed by atoms with Gasteiger partial charge in [0.05, 0.1) is 0 Å². The number of thiocarbonyl (C=S) groups is 1. The lowest BCUT2D eigenvalue weighted by Crippen LogP contribution is -2.31. The highest BCUT2D eigenvalue weighted by atomic mass is 32.1. The van der Waals surface area contributed by atoms with Crippen molar-refractivity contribution in [3.05, 3.63) is 28.1 Å². The number of nitrogens with one attached hydrogen (secondary N) is 1. The van der Waals surface area contributed by atoms with Crippen LogP contribution in [0.15, 0.2) is 22.5 Å². The van der Waals surface area contributed by atoms with Gasteiger partial charge >= 0.3 is 0 Å². The largest absolute Gasteiger partial charge is 0.328 e. The van der Waals surface area contributed by atoms with Crippen LogP contribution in [0.2, 0.25) is 0 Å². The lowest BCUT2D eigenvalue weighted by atomic mass is 10.2. The van der Waals surface area contributed by atoms with Crippen LogP contribution in [-0.2, 0) is 4.79 Å². The molecule has 0 spiro atoms. The van der Waals surface area contributed by atoms with Crippen molar-refractivity contribution in [1.82, 2.24) is 10.2 Å². The molecule has 0 radical (unpaired) electrons. The van der Waals surface area contributed by atoms with Crippen molar-refractivity contribution in [2.75, 3.05) is 6.54 Å². The first kappa shape index (κ1) is 12.3. The van der Waals surface area contributed by atoms with E-state index in [1.807, 2.05) is 22.9 Å². The Morgan fingerprint density at radius 1 is 1.59 bits per heavy atom. The van der Waals surface area contributed by atoms with Gasteiger partial charge in [-0.2, -0.15) is 11.3 Å². The molecular formula is C12H14N2OS2. The maximum Gasteiger partial charge on any atom is 0.276 e. The topological polar surface area (TPSA) is 32.3 Å². The van der Waals surface area contributed by atoms with Crippen molar-refractivity contribution in [2.45, 2.75) is 19.8 Å². The molecule has 3 nitrogen and oxygen atoms in total. The minimum Gasteiger partial charge on any atom is -0.328 e. The van der Waals surface area contributed by atoms with Gasteiger partial charge in [0.2, 0.25) is 0 Å². The lowest BCUT2D eigenvalue weighted by Gasteiger charge is -2.12. The van der Waals surface area contributed by atoms with Crippen LogP contribution in [0.4, 0.5) is 0 Å². The normalized spacial score (nSPS) is 17.9. The molecule has 1 saturated heterocycles. The van der Waals surface area contributed by atoms with Crippen LogP contribution in [0.5, 0.6) is 0 Å². The van der Waals surface area contributed by atoms with E-state index in [0.717, 1.165) is 18.4 Å². The Kier molecular flexibility index (Phi) is 3.91. The molecule has 0 bridgehead atoms. The second-order valence-electron chi connectivity index (χ2n) is 3.86. The fraction of sp³-hybridized carbons (Fsp3) is 0.333. The molecule has 90 valence electrons. The van der Waals surface area contributed by atoms with Gasteiger partial charge in [-0.05, 0) is 47.1 Å². The molecule has 1 aromatic heterocycles. The van der Waals surface area contributed by atoms with Gasteiger partial charge in [0, 0.05) is 6.54 Å². The molecule has 0 atom stereocenters. The molecule has 0 aliphatic carbocycles. The quantitative estimate of drug-likeness (QED) is 0.671. The monoisotopic (exact) mass is 266 g/mol. The molecule has 0 unspecified atom stereocenters. The van der Waals surface area contributed by atoms with E-state index in [2.05, 4.69) is 12.2 Å². The predicted molar refractivity (Wildman–Crippen MR) is 74.7 cm³/mol. The number of nitrogens with zero attached hydrogens (tertiary/aromatic N) is 1. The highest BCUT2D eigenvalue weighted by molar-refractivity contribution is 7.80. The highest BCUT2D eigenvalue weighted by Crippen LogP contribution is 2.16. The molecule has 2 rings (SSSR count). The zero-order valence-corrected chi connectivity index (χ0v) is 11.2. The van der Waals surface area contributed by atoms with Gasteiger partial charge in [-0.1, -0.05) is 13.3 Å². The molecular weight excluding hydrogens is 252 g/mol. The average molecular weight is 266 g/mol. The van der Waals surface area contributed by atoms with Crippen LogP contribution in [0, 0.1) is 0 Å². The van der Waals surface area contributed by atoms with Crippen LogP contribution in [0.3, 0.4) is 0 Å². The molecule has 5 heteroatoms. The summed E-state index contributed by atoms with van der Waals surface area (Å²) in [5, 5.41) is 7.48. The van der Waals surface area contributed by atoms with Gasteiger partial charge in [0.25, 0.3) is 5.91 Å². The molecule has 1 aromatic rings. The number of hydrogen-bond donors (Lipinski definition) is 1. The zero-order valence-electron chi connectivity index (χ0n) is 9.60. The Balaban J connectivity index is 2.13. The first-order chi connectivity index (χ1) is 8.22. The predicted octanol–water partition coefficient (Wildman–Crippen LogP) is 2.61. The summed E-state index contributed by atoms with van der Waals surface area (Å²) < 4.78 is 0. The molecule has 1 aliphatic rings. The second-order valence-corrected chi connectivity index (χ2v) is 5.02. The number of carbonyl (C=O) groups excluding carboxylic acids is 1. The van der Waals surface area contributed by atoms with E-state index in [1.54, 1.807) is 16.2 Å². The number of rotatable bonds is 4. The standard InChI is InChI=1S/C12H14N2OS2/c1-2-3-5-14-11(15)10(13-12(14)16)7-9-4-6-17-8-9/h4,6-8H,2-3,5H2,1H3,(H,13,16). The van der Waals surface area contributed by atoms with E-state index in [1.165, 1.54) is 0 Å². The SMILES string of the molecule is CCCCN1C(=O)C(=Cc2ccsc2)NC1=S. The second kappa shape index (κ2) is 5.42. The maximum atomic E-state index is 12.1. The van der Waals surface area contributed by atoms with Crippen LogP contribution >= 0.6 is 23.6 Å².